The summed E-state index contributed by atoms with van der Waals surface area (Å²) < 4.78 is 6.75. The van der Waals surface area contributed by atoms with E-state index in [-0.39, 0.29) is 5.97 Å². The molecule has 0 aliphatic heterocycles. The van der Waals surface area contributed by atoms with Crippen LogP contribution in [0.4, 0.5) is 0 Å². The van der Waals surface area contributed by atoms with Crippen LogP contribution in [0.25, 0.3) is 0 Å². The van der Waals surface area contributed by atoms with Crippen molar-refractivity contribution in [2.75, 3.05) is 6.61 Å². The van der Waals surface area contributed by atoms with Crippen molar-refractivity contribution >= 4 is 44.5 Å². The fraction of sp³-hybridized carbons (Fsp3) is 0.222. The van der Waals surface area contributed by atoms with Gasteiger partial charge in [-0.15, -0.1) is 0 Å². The van der Waals surface area contributed by atoms with Crippen molar-refractivity contribution < 1.29 is 9.53 Å². The lowest BCUT2D eigenvalue weighted by atomic mass is 10.2. The average Bonchev–Trinajstić information content (AvgIpc) is 2.04. The molecule has 13 heavy (non-hydrogen) atoms. The minimum Gasteiger partial charge on any atom is -0.462 e. The topological polar surface area (TPSA) is 26.3 Å². The zero-order chi connectivity index (χ0) is 9.84. The predicted octanol–water partition coefficient (Wildman–Crippen LogP) is 3.23. The largest absolute Gasteiger partial charge is 0.462 e. The number of halogens is 2. The number of hydrogen-bond acceptors (Lipinski definition) is 2. The second-order valence-electron chi connectivity index (χ2n) is 2.34. The minimum atomic E-state index is -0.264. The van der Waals surface area contributed by atoms with Gasteiger partial charge in [-0.05, 0) is 47.7 Å². The van der Waals surface area contributed by atoms with Crippen LogP contribution >= 0.6 is 38.5 Å². The second-order valence-corrected chi connectivity index (χ2v) is 4.42. The zero-order valence-electron chi connectivity index (χ0n) is 7.01. The van der Waals surface area contributed by atoms with Gasteiger partial charge in [0.1, 0.15) is 0 Å². The molecule has 1 rings (SSSR count). The summed E-state index contributed by atoms with van der Waals surface area (Å²) in [5.41, 5.74) is 0.616. The first-order chi connectivity index (χ1) is 6.15. The summed E-state index contributed by atoms with van der Waals surface area (Å²) >= 11 is 5.44. The first kappa shape index (κ1) is 11.0. The van der Waals surface area contributed by atoms with E-state index in [9.17, 15) is 4.79 Å². The molecule has 0 aromatic heterocycles. The number of benzene rings is 1. The molecule has 2 nitrogen and oxygen atoms in total. The van der Waals surface area contributed by atoms with Crippen molar-refractivity contribution in [1.82, 2.24) is 0 Å². The van der Waals surface area contributed by atoms with Gasteiger partial charge in [0, 0.05) is 8.04 Å². The van der Waals surface area contributed by atoms with E-state index in [2.05, 4.69) is 38.5 Å². The highest BCUT2D eigenvalue weighted by molar-refractivity contribution is 14.1. The summed E-state index contributed by atoms with van der Waals surface area (Å²) in [6.07, 6.45) is 0. The second kappa shape index (κ2) is 4.95. The number of rotatable bonds is 2. The molecule has 1 aromatic rings. The molecule has 0 radical (unpaired) electrons. The van der Waals surface area contributed by atoms with Gasteiger partial charge in [-0.1, -0.05) is 15.9 Å². The molecule has 70 valence electrons. The van der Waals surface area contributed by atoms with Crippen LogP contribution in [0.1, 0.15) is 17.3 Å². The van der Waals surface area contributed by atoms with Gasteiger partial charge in [-0.25, -0.2) is 4.79 Å². The highest BCUT2D eigenvalue weighted by Crippen LogP contribution is 2.19. The van der Waals surface area contributed by atoms with E-state index in [0.717, 1.165) is 8.04 Å². The molecule has 0 bridgehead atoms. The molecule has 1 aromatic carbocycles. The van der Waals surface area contributed by atoms with Crippen LogP contribution in [-0.4, -0.2) is 12.6 Å². The van der Waals surface area contributed by atoms with Gasteiger partial charge in [0.25, 0.3) is 0 Å². The van der Waals surface area contributed by atoms with Gasteiger partial charge in [-0.3, -0.25) is 0 Å². The Morgan fingerprint density at radius 2 is 2.31 bits per heavy atom. The third kappa shape index (κ3) is 2.95. The van der Waals surface area contributed by atoms with Gasteiger partial charge in [0.15, 0.2) is 0 Å². The molecule has 0 aliphatic rings. The van der Waals surface area contributed by atoms with Gasteiger partial charge in [0.05, 0.1) is 12.2 Å². The summed E-state index contributed by atoms with van der Waals surface area (Å²) in [6.45, 7) is 2.20. The van der Waals surface area contributed by atoms with Gasteiger partial charge < -0.3 is 4.74 Å². The molecule has 0 N–H and O–H groups in total. The Balaban J connectivity index is 2.95. The highest BCUT2D eigenvalue weighted by Gasteiger charge is 2.10. The summed E-state index contributed by atoms with van der Waals surface area (Å²) in [5.74, 6) is -0.264. The zero-order valence-corrected chi connectivity index (χ0v) is 10.8. The van der Waals surface area contributed by atoms with Crippen LogP contribution in [0.5, 0.6) is 0 Å². The average molecular weight is 355 g/mol. The maximum absolute atomic E-state index is 11.3. The Labute approximate surface area is 98.9 Å². The maximum atomic E-state index is 11.3. The Hall–Kier alpha value is -0.100. The van der Waals surface area contributed by atoms with Gasteiger partial charge in [-0.2, -0.15) is 0 Å². The fourth-order valence-corrected chi connectivity index (χ4v) is 2.39. The van der Waals surface area contributed by atoms with Gasteiger partial charge in [0.2, 0.25) is 0 Å². The van der Waals surface area contributed by atoms with Crippen molar-refractivity contribution in [2.45, 2.75) is 6.92 Å². The summed E-state index contributed by atoms with van der Waals surface area (Å²) in [6, 6.07) is 5.46. The van der Waals surface area contributed by atoms with E-state index in [0.29, 0.717) is 12.2 Å². The van der Waals surface area contributed by atoms with Crippen LogP contribution in [0.15, 0.2) is 22.7 Å². The van der Waals surface area contributed by atoms with Crippen molar-refractivity contribution in [2.24, 2.45) is 0 Å². The smallest absolute Gasteiger partial charge is 0.339 e. The Morgan fingerprint density at radius 1 is 1.62 bits per heavy atom. The monoisotopic (exact) mass is 354 g/mol. The van der Waals surface area contributed by atoms with Crippen LogP contribution in [0, 0.1) is 3.57 Å². The molecular formula is C9H8BrIO2. The predicted molar refractivity (Wildman–Crippen MR) is 62.8 cm³/mol. The van der Waals surface area contributed by atoms with Crippen molar-refractivity contribution in [3.05, 3.63) is 31.8 Å². The van der Waals surface area contributed by atoms with Crippen LogP contribution in [0.3, 0.4) is 0 Å². The van der Waals surface area contributed by atoms with Crippen LogP contribution in [0.2, 0.25) is 0 Å². The summed E-state index contributed by atoms with van der Waals surface area (Å²) in [7, 11) is 0. The Bertz CT molecular complexity index is 325. The third-order valence-electron chi connectivity index (χ3n) is 1.43. The van der Waals surface area contributed by atoms with E-state index in [4.69, 9.17) is 4.74 Å². The van der Waals surface area contributed by atoms with E-state index in [1.54, 1.807) is 13.0 Å². The van der Waals surface area contributed by atoms with E-state index in [1.807, 2.05) is 12.1 Å². The molecule has 0 unspecified atom stereocenters. The van der Waals surface area contributed by atoms with Crippen molar-refractivity contribution in [1.29, 1.82) is 0 Å². The lowest BCUT2D eigenvalue weighted by Crippen LogP contribution is -2.06. The standard InChI is InChI=1S/C9H8BrIO2/c1-2-13-9(12)7-4-3-6(10)5-8(7)11/h3-5H,2H2,1H3. The molecule has 0 fully saturated rings. The number of hydrogen-bond donors (Lipinski definition) is 0. The number of ether oxygens (including phenoxy) is 1. The molecule has 0 heterocycles. The van der Waals surface area contributed by atoms with E-state index in [1.165, 1.54) is 0 Å². The molecule has 0 spiro atoms. The molecule has 0 amide bonds. The molecule has 4 heteroatoms. The summed E-state index contributed by atoms with van der Waals surface area (Å²) in [4.78, 5) is 11.3. The van der Waals surface area contributed by atoms with E-state index < -0.39 is 0 Å². The lowest BCUT2D eigenvalue weighted by Gasteiger charge is -2.03. The SMILES string of the molecule is CCOC(=O)c1ccc(Br)cc1I. The van der Waals surface area contributed by atoms with E-state index >= 15 is 0 Å². The molecule has 0 saturated carbocycles. The Morgan fingerprint density at radius 3 is 2.85 bits per heavy atom. The van der Waals surface area contributed by atoms with Crippen molar-refractivity contribution in [3.63, 3.8) is 0 Å². The van der Waals surface area contributed by atoms with Crippen LogP contribution in [-0.2, 0) is 4.74 Å². The first-order valence-corrected chi connectivity index (χ1v) is 5.64. The molecule has 0 saturated heterocycles. The lowest BCUT2D eigenvalue weighted by molar-refractivity contribution is 0.0525. The number of carbonyl (C=O) groups is 1. The highest BCUT2D eigenvalue weighted by atomic mass is 127. The quantitative estimate of drug-likeness (QED) is 0.602. The minimum absolute atomic E-state index is 0.264. The molecular weight excluding hydrogens is 347 g/mol. The summed E-state index contributed by atoms with van der Waals surface area (Å²) in [5, 5.41) is 0. The maximum Gasteiger partial charge on any atom is 0.339 e. The fourth-order valence-electron chi connectivity index (χ4n) is 0.864. The van der Waals surface area contributed by atoms with Crippen molar-refractivity contribution in [3.8, 4) is 0 Å². The Kier molecular flexibility index (Phi) is 4.18. The molecule has 0 aliphatic carbocycles. The van der Waals surface area contributed by atoms with Gasteiger partial charge >= 0.3 is 5.97 Å². The molecule has 0 atom stereocenters. The normalized spacial score (nSPS) is 9.77. The number of carbonyl (C=O) groups excluding carboxylic acids is 1. The number of esters is 1. The van der Waals surface area contributed by atoms with Crippen LogP contribution < -0.4 is 0 Å². The first-order valence-electron chi connectivity index (χ1n) is 3.77. The third-order valence-corrected chi connectivity index (χ3v) is 2.81.